The van der Waals surface area contributed by atoms with Gasteiger partial charge in [0.25, 0.3) is 0 Å². The minimum atomic E-state index is -1.79. The number of benzene rings is 1. The Balaban J connectivity index is 2.08. The van der Waals surface area contributed by atoms with Crippen LogP contribution in [-0.4, -0.2) is 75.6 Å². The highest BCUT2D eigenvalue weighted by molar-refractivity contribution is 6.18. The molecule has 0 radical (unpaired) electrons. The van der Waals surface area contributed by atoms with Crippen LogP contribution in [0.5, 0.6) is 0 Å². The molecule has 162 valence electrons. The van der Waals surface area contributed by atoms with Gasteiger partial charge in [0.1, 0.15) is 18.3 Å². The van der Waals surface area contributed by atoms with Gasteiger partial charge in [-0.15, -0.1) is 11.6 Å². The van der Waals surface area contributed by atoms with Crippen LogP contribution in [0.1, 0.15) is 19.4 Å². The molecule has 6 N–H and O–H groups in total. The van der Waals surface area contributed by atoms with Crippen LogP contribution in [0.2, 0.25) is 0 Å². The third-order valence-corrected chi connectivity index (χ3v) is 4.63. The third-order valence-electron chi connectivity index (χ3n) is 4.44. The summed E-state index contributed by atoms with van der Waals surface area (Å²) < 4.78 is 10.9. The van der Waals surface area contributed by atoms with E-state index in [9.17, 15) is 24.9 Å². The number of aliphatic hydroxyl groups is 3. The number of urea groups is 1. The molecular formula is C18H25ClN2O8. The van der Waals surface area contributed by atoms with E-state index in [1.165, 1.54) is 0 Å². The molecule has 0 spiro atoms. The number of nitrogens with one attached hydrogen (secondary N) is 2. The highest BCUT2D eigenvalue weighted by atomic mass is 35.5. The Labute approximate surface area is 172 Å². The van der Waals surface area contributed by atoms with Crippen molar-refractivity contribution in [3.63, 3.8) is 0 Å². The maximum Gasteiger partial charge on any atom is 0.335 e. The minimum absolute atomic E-state index is 0.293. The van der Waals surface area contributed by atoms with E-state index in [1.807, 2.05) is 0 Å². The topological polar surface area (TPSA) is 158 Å². The SMILES string of the molecule is CC(C)(O[C@@H]1OC(C(=O)O)[C@H](O)[C@H](O)C1O)c1ccc(NC(=O)NCCCl)cc1. The van der Waals surface area contributed by atoms with Crippen molar-refractivity contribution in [3.05, 3.63) is 29.8 Å². The summed E-state index contributed by atoms with van der Waals surface area (Å²) in [4.78, 5) is 22.9. The first-order valence-electron chi connectivity index (χ1n) is 8.88. The zero-order valence-corrected chi connectivity index (χ0v) is 16.7. The molecule has 10 nitrogen and oxygen atoms in total. The first-order valence-corrected chi connectivity index (χ1v) is 9.42. The van der Waals surface area contributed by atoms with Gasteiger partial charge >= 0.3 is 12.0 Å². The maximum atomic E-state index is 11.7. The fourth-order valence-electron chi connectivity index (χ4n) is 2.80. The van der Waals surface area contributed by atoms with Crippen molar-refractivity contribution >= 4 is 29.3 Å². The second kappa shape index (κ2) is 9.70. The Hall–Kier alpha value is -1.95. The number of carboxylic acid groups (broad SMARTS) is 1. The number of amides is 2. The molecule has 2 unspecified atom stereocenters. The summed E-state index contributed by atoms with van der Waals surface area (Å²) >= 11 is 5.51. The zero-order chi connectivity index (χ0) is 21.8. The Kier molecular flexibility index (Phi) is 7.80. The van der Waals surface area contributed by atoms with E-state index in [1.54, 1.807) is 38.1 Å². The van der Waals surface area contributed by atoms with Crippen LogP contribution in [0.15, 0.2) is 24.3 Å². The van der Waals surface area contributed by atoms with Gasteiger partial charge in [-0.1, -0.05) is 12.1 Å². The lowest BCUT2D eigenvalue weighted by Crippen LogP contribution is -2.61. The van der Waals surface area contributed by atoms with Crippen molar-refractivity contribution in [2.75, 3.05) is 17.7 Å². The van der Waals surface area contributed by atoms with E-state index < -0.39 is 48.3 Å². The standard InChI is InChI=1S/C18H25ClN2O8/c1-18(2,9-3-5-10(6-4-9)21-17(27)20-8-7-19)29-16-13(24)11(22)12(23)14(28-16)15(25)26/h3-6,11-14,16,22-24H,7-8H2,1-2H3,(H,25,26)(H2,20,21,27)/t11-,12+,13?,14?,16-/m0/s1. The van der Waals surface area contributed by atoms with Crippen molar-refractivity contribution in [1.82, 2.24) is 5.32 Å². The number of alkyl halides is 1. The number of anilines is 1. The van der Waals surface area contributed by atoms with Crippen molar-refractivity contribution in [2.24, 2.45) is 0 Å². The number of hydrogen-bond acceptors (Lipinski definition) is 7. The summed E-state index contributed by atoms with van der Waals surface area (Å²) in [5.74, 6) is -1.20. The third kappa shape index (κ3) is 5.78. The number of carboxylic acids is 1. The van der Waals surface area contributed by atoms with Gasteiger partial charge in [-0.2, -0.15) is 0 Å². The predicted molar refractivity (Wildman–Crippen MR) is 103 cm³/mol. The fourth-order valence-corrected chi connectivity index (χ4v) is 2.89. The molecule has 5 atom stereocenters. The second-order valence-corrected chi connectivity index (χ2v) is 7.39. The van der Waals surface area contributed by atoms with Gasteiger partial charge in [0.05, 0.1) is 5.60 Å². The van der Waals surface area contributed by atoms with Crippen LogP contribution >= 0.6 is 11.6 Å². The molecule has 2 rings (SSSR count). The van der Waals surface area contributed by atoms with Crippen LogP contribution in [0.25, 0.3) is 0 Å². The summed E-state index contributed by atoms with van der Waals surface area (Å²) in [5.41, 5.74) is 0.0958. The van der Waals surface area contributed by atoms with Crippen LogP contribution < -0.4 is 10.6 Å². The summed E-state index contributed by atoms with van der Waals surface area (Å²) in [6.45, 7) is 3.64. The number of rotatable bonds is 7. The highest BCUT2D eigenvalue weighted by Gasteiger charge is 2.49. The Bertz CT molecular complexity index is 714. The molecule has 1 fully saturated rings. The molecule has 1 aliphatic heterocycles. The van der Waals surface area contributed by atoms with E-state index in [0.717, 1.165) is 0 Å². The van der Waals surface area contributed by atoms with Gasteiger partial charge < -0.3 is 40.5 Å². The first kappa shape index (κ1) is 23.3. The average Bonchev–Trinajstić information content (AvgIpc) is 2.66. The van der Waals surface area contributed by atoms with Crippen LogP contribution in [0.3, 0.4) is 0 Å². The first-order chi connectivity index (χ1) is 13.6. The van der Waals surface area contributed by atoms with Gasteiger partial charge in [-0.3, -0.25) is 0 Å². The number of halogens is 1. The average molecular weight is 433 g/mol. The van der Waals surface area contributed by atoms with Crippen LogP contribution in [0, 0.1) is 0 Å². The lowest BCUT2D eigenvalue weighted by molar-refractivity contribution is -0.318. The summed E-state index contributed by atoms with van der Waals surface area (Å²) in [7, 11) is 0. The van der Waals surface area contributed by atoms with Crippen LogP contribution in [-0.2, 0) is 19.9 Å². The van der Waals surface area contributed by atoms with Gasteiger partial charge in [0.2, 0.25) is 0 Å². The van der Waals surface area contributed by atoms with Crippen LogP contribution in [0.4, 0.5) is 10.5 Å². The quantitative estimate of drug-likeness (QED) is 0.333. The molecule has 0 saturated carbocycles. The van der Waals surface area contributed by atoms with E-state index in [4.69, 9.17) is 26.2 Å². The lowest BCUT2D eigenvalue weighted by atomic mass is 9.96. The van der Waals surface area contributed by atoms with Crippen molar-refractivity contribution in [1.29, 1.82) is 0 Å². The molecular weight excluding hydrogens is 408 g/mol. The molecule has 0 bridgehead atoms. The summed E-state index contributed by atoms with van der Waals surface area (Å²) in [5, 5.41) is 44.1. The van der Waals surface area contributed by atoms with Gasteiger partial charge in [0, 0.05) is 18.1 Å². The zero-order valence-electron chi connectivity index (χ0n) is 15.9. The molecule has 2 amide bonds. The number of aliphatic hydroxyl groups excluding tert-OH is 3. The van der Waals surface area contributed by atoms with E-state index in [2.05, 4.69) is 10.6 Å². The van der Waals surface area contributed by atoms with E-state index in [0.29, 0.717) is 23.7 Å². The molecule has 1 saturated heterocycles. The smallest absolute Gasteiger partial charge is 0.335 e. The van der Waals surface area contributed by atoms with Crippen molar-refractivity contribution < 1.29 is 39.5 Å². The molecule has 1 aromatic rings. The second-order valence-electron chi connectivity index (χ2n) is 7.01. The Morgan fingerprint density at radius 3 is 2.31 bits per heavy atom. The molecule has 1 aromatic carbocycles. The van der Waals surface area contributed by atoms with E-state index >= 15 is 0 Å². The van der Waals surface area contributed by atoms with Gasteiger partial charge in [-0.25, -0.2) is 9.59 Å². The van der Waals surface area contributed by atoms with E-state index in [-0.39, 0.29) is 0 Å². The molecule has 0 aromatic heterocycles. The summed E-state index contributed by atoms with van der Waals surface area (Å²) in [6, 6.07) is 6.22. The number of hydrogen-bond donors (Lipinski definition) is 6. The van der Waals surface area contributed by atoms with Crippen molar-refractivity contribution in [3.8, 4) is 0 Å². The summed E-state index contributed by atoms with van der Waals surface area (Å²) in [6.07, 6.45) is -8.41. The number of ether oxygens (including phenoxy) is 2. The lowest BCUT2D eigenvalue weighted by Gasteiger charge is -2.41. The minimum Gasteiger partial charge on any atom is -0.479 e. The number of aliphatic carboxylic acids is 1. The van der Waals surface area contributed by atoms with Gasteiger partial charge in [-0.05, 0) is 31.5 Å². The van der Waals surface area contributed by atoms with Crippen molar-refractivity contribution in [2.45, 2.75) is 50.2 Å². The maximum absolute atomic E-state index is 11.7. The number of carbonyl (C=O) groups is 2. The predicted octanol–water partition coefficient (Wildman–Crippen LogP) is 0.191. The largest absolute Gasteiger partial charge is 0.479 e. The normalized spacial score (nSPS) is 27.3. The fraction of sp³-hybridized carbons (Fsp3) is 0.556. The molecule has 29 heavy (non-hydrogen) atoms. The molecule has 1 aliphatic rings. The van der Waals surface area contributed by atoms with Gasteiger partial charge in [0.15, 0.2) is 12.4 Å². The molecule has 11 heteroatoms. The number of carbonyl (C=O) groups excluding carboxylic acids is 1. The molecule has 0 aliphatic carbocycles. The monoisotopic (exact) mass is 432 g/mol. The molecule has 1 heterocycles. The Morgan fingerprint density at radius 1 is 1.14 bits per heavy atom. The Morgan fingerprint density at radius 2 is 1.76 bits per heavy atom. The highest BCUT2D eigenvalue weighted by Crippen LogP contribution is 2.32.